The van der Waals surface area contributed by atoms with Crippen molar-refractivity contribution in [1.29, 1.82) is 5.41 Å². The van der Waals surface area contributed by atoms with Crippen LogP contribution in [0.3, 0.4) is 0 Å². The minimum absolute atomic E-state index is 0.151. The molecule has 0 aliphatic heterocycles. The van der Waals surface area contributed by atoms with Crippen LogP contribution in [0.2, 0.25) is 0 Å². The number of benzene rings is 7. The summed E-state index contributed by atoms with van der Waals surface area (Å²) in [6.45, 7) is 14.7. The van der Waals surface area contributed by atoms with E-state index in [0.717, 1.165) is 61.9 Å². The van der Waals surface area contributed by atoms with E-state index in [4.69, 9.17) is 30.3 Å². The third-order valence-electron chi connectivity index (χ3n) is 11.6. The van der Waals surface area contributed by atoms with Gasteiger partial charge in [-0.05, 0) is 95.1 Å². The maximum atomic E-state index is 8.87. The van der Waals surface area contributed by atoms with Crippen LogP contribution in [0.5, 0.6) is 0 Å². The molecule has 0 amide bonds. The van der Waals surface area contributed by atoms with Crippen molar-refractivity contribution < 1.29 is 0 Å². The second-order valence-electron chi connectivity index (χ2n) is 16.8. The van der Waals surface area contributed by atoms with Crippen molar-refractivity contribution in [3.8, 4) is 22.5 Å². The molecule has 1 unspecified atom stereocenters. The lowest BCUT2D eigenvalue weighted by Crippen LogP contribution is -2.07. The van der Waals surface area contributed by atoms with E-state index >= 15 is 0 Å². The molecule has 1 N–H and O–H groups in total. The lowest BCUT2D eigenvalue weighted by atomic mass is 9.91. The molecule has 6 heteroatoms. The van der Waals surface area contributed by atoms with Gasteiger partial charge in [0.25, 0.3) is 0 Å². The molecule has 8 rings (SSSR count). The van der Waals surface area contributed by atoms with Crippen molar-refractivity contribution >= 4 is 50.6 Å². The fourth-order valence-corrected chi connectivity index (χ4v) is 7.97. The number of hydrogen-bond donors (Lipinski definition) is 1. The number of allylic oxidation sites excluding steroid dienone is 9. The van der Waals surface area contributed by atoms with E-state index in [1.165, 1.54) is 27.3 Å². The fraction of sp³-hybridized carbons (Fsp3) is 0.115. The molecular formula is C61H54N6. The third-order valence-corrected chi connectivity index (χ3v) is 11.6. The Balaban J connectivity index is 1.12. The van der Waals surface area contributed by atoms with Gasteiger partial charge in [0, 0.05) is 22.9 Å². The van der Waals surface area contributed by atoms with Gasteiger partial charge >= 0.3 is 0 Å². The quantitative estimate of drug-likeness (QED) is 0.0412. The maximum Gasteiger partial charge on any atom is 0.163 e. The average molecular weight is 871 g/mol. The second kappa shape index (κ2) is 21.2. The first-order valence-corrected chi connectivity index (χ1v) is 22.7. The molecule has 0 radical (unpaired) electrons. The summed E-state index contributed by atoms with van der Waals surface area (Å²) in [5, 5.41) is 13.5. The standard InChI is InChI=1S/C61H54N6/c1-7-45(59-65-60(46(8-2)36-31-41(3)4)67-61(66-59)48-22-13-10-14-23-48)24-15-19-43(6)51-27-17-29-53-54-30-18-28-52(56(54)38-37-55(51)53)49-25-16-26-50(39-49)58(63-40-44-34-32-42(5)33-35-44)64-57(62)47-20-11-9-12-21-47/h7,9-40,45,62H,1,8H2,2-6H3/b24-15-,43-19+,46-36+,62-57?,63-40+,64-58-. The van der Waals surface area contributed by atoms with E-state index < -0.39 is 0 Å². The SMILES string of the molecule is C=CC(/C=C\C=C(/C)c1cccc2c1ccc1c(-c3cccc(C(=N/C(=N)c4ccccc4)/N=C/c4ccc(C)cc4)c3)cccc12)c1nc(/C(=C/C=C(C)C)CC)nc(-c2ccccc2)n1. The number of hydrogen-bond acceptors (Lipinski definition) is 4. The van der Waals surface area contributed by atoms with Crippen LogP contribution in [0.1, 0.15) is 79.5 Å². The monoisotopic (exact) mass is 870 g/mol. The summed E-state index contributed by atoms with van der Waals surface area (Å²) < 4.78 is 0. The molecular weight excluding hydrogens is 817 g/mol. The highest BCUT2D eigenvalue weighted by molar-refractivity contribution is 6.16. The topological polar surface area (TPSA) is 87.2 Å². The molecule has 7 aromatic carbocycles. The fourth-order valence-electron chi connectivity index (χ4n) is 7.97. The summed E-state index contributed by atoms with van der Waals surface area (Å²) in [5.74, 6) is 2.36. The lowest BCUT2D eigenvalue weighted by Gasteiger charge is -2.13. The number of nitrogens with zero attached hydrogens (tertiary/aromatic N) is 5. The van der Waals surface area contributed by atoms with Crippen molar-refractivity contribution in [2.75, 3.05) is 0 Å². The van der Waals surface area contributed by atoms with Gasteiger partial charge in [0.2, 0.25) is 0 Å². The van der Waals surface area contributed by atoms with Crippen molar-refractivity contribution in [2.24, 2.45) is 9.98 Å². The van der Waals surface area contributed by atoms with Crippen molar-refractivity contribution in [3.05, 3.63) is 246 Å². The largest absolute Gasteiger partial charge is 0.282 e. The molecule has 328 valence electrons. The van der Waals surface area contributed by atoms with Gasteiger partial charge in [-0.25, -0.2) is 24.9 Å². The Bertz CT molecular complexity index is 3270. The van der Waals surface area contributed by atoms with Gasteiger partial charge in [-0.3, -0.25) is 5.41 Å². The average Bonchev–Trinajstić information content (AvgIpc) is 3.37. The number of aromatic nitrogens is 3. The van der Waals surface area contributed by atoms with Gasteiger partial charge < -0.3 is 0 Å². The van der Waals surface area contributed by atoms with Gasteiger partial charge in [-0.1, -0.05) is 206 Å². The summed E-state index contributed by atoms with van der Waals surface area (Å²) in [7, 11) is 0. The molecule has 6 nitrogen and oxygen atoms in total. The molecule has 1 heterocycles. The second-order valence-corrected chi connectivity index (χ2v) is 16.8. The van der Waals surface area contributed by atoms with E-state index in [0.29, 0.717) is 23.3 Å². The molecule has 0 aliphatic rings. The molecule has 0 bridgehead atoms. The van der Waals surface area contributed by atoms with Crippen LogP contribution in [-0.2, 0) is 0 Å². The number of fused-ring (bicyclic) bond motifs is 3. The Morgan fingerprint density at radius 1 is 0.657 bits per heavy atom. The molecule has 1 aromatic heterocycles. The summed E-state index contributed by atoms with van der Waals surface area (Å²) in [5.41, 5.74) is 11.3. The minimum atomic E-state index is -0.235. The number of aliphatic imine (C=N–C) groups is 2. The third kappa shape index (κ3) is 10.8. The normalized spacial score (nSPS) is 12.8. The highest BCUT2D eigenvalue weighted by Gasteiger charge is 2.16. The number of nitrogens with one attached hydrogen (secondary N) is 1. The predicted octanol–water partition coefficient (Wildman–Crippen LogP) is 15.4. The Kier molecular flexibility index (Phi) is 14.3. The molecule has 1 atom stereocenters. The minimum Gasteiger partial charge on any atom is -0.282 e. The lowest BCUT2D eigenvalue weighted by molar-refractivity contribution is 0.862. The smallest absolute Gasteiger partial charge is 0.163 e. The zero-order chi connectivity index (χ0) is 46.7. The number of aryl methyl sites for hydroxylation is 1. The Hall–Kier alpha value is -8.22. The van der Waals surface area contributed by atoms with Crippen LogP contribution in [0.4, 0.5) is 0 Å². The summed E-state index contributed by atoms with van der Waals surface area (Å²) in [6, 6.07) is 53.6. The highest BCUT2D eigenvalue weighted by Crippen LogP contribution is 2.36. The highest BCUT2D eigenvalue weighted by atomic mass is 15.0. The summed E-state index contributed by atoms with van der Waals surface area (Å²) >= 11 is 0. The zero-order valence-electron chi connectivity index (χ0n) is 38.8. The zero-order valence-corrected chi connectivity index (χ0v) is 38.8. The first-order chi connectivity index (χ1) is 32.7. The van der Waals surface area contributed by atoms with Crippen LogP contribution in [0, 0.1) is 12.3 Å². The van der Waals surface area contributed by atoms with Crippen LogP contribution >= 0.6 is 0 Å². The van der Waals surface area contributed by atoms with Crippen molar-refractivity contribution in [1.82, 2.24) is 15.0 Å². The molecule has 67 heavy (non-hydrogen) atoms. The van der Waals surface area contributed by atoms with E-state index in [9.17, 15) is 0 Å². The van der Waals surface area contributed by atoms with Gasteiger partial charge in [0.1, 0.15) is 5.82 Å². The first-order valence-electron chi connectivity index (χ1n) is 22.7. The molecule has 0 spiro atoms. The molecule has 0 fully saturated rings. The Morgan fingerprint density at radius 3 is 2.06 bits per heavy atom. The number of amidine groups is 2. The van der Waals surface area contributed by atoms with E-state index in [2.05, 4.69) is 144 Å². The van der Waals surface area contributed by atoms with Gasteiger partial charge in [0.15, 0.2) is 23.3 Å². The molecule has 0 saturated heterocycles. The van der Waals surface area contributed by atoms with Crippen molar-refractivity contribution in [2.45, 2.75) is 47.0 Å². The molecule has 8 aromatic rings. The number of rotatable bonds is 13. The van der Waals surface area contributed by atoms with Crippen LogP contribution in [0.25, 0.3) is 55.2 Å². The van der Waals surface area contributed by atoms with E-state index in [1.54, 1.807) is 0 Å². The van der Waals surface area contributed by atoms with Gasteiger partial charge in [0.05, 0.1) is 5.92 Å². The first kappa shape index (κ1) is 45.4. The summed E-state index contributed by atoms with van der Waals surface area (Å²) in [6.07, 6.45) is 15.0. The van der Waals surface area contributed by atoms with Crippen LogP contribution < -0.4 is 0 Å². The Morgan fingerprint density at radius 2 is 1.33 bits per heavy atom. The van der Waals surface area contributed by atoms with Gasteiger partial charge in [-0.15, -0.1) is 6.58 Å². The van der Waals surface area contributed by atoms with E-state index in [-0.39, 0.29) is 11.8 Å². The molecule has 0 aliphatic carbocycles. The molecule has 0 saturated carbocycles. The Labute approximate surface area is 394 Å². The predicted molar refractivity (Wildman–Crippen MR) is 284 cm³/mol. The van der Waals surface area contributed by atoms with Gasteiger partial charge in [-0.2, -0.15) is 0 Å². The van der Waals surface area contributed by atoms with Crippen LogP contribution in [0.15, 0.2) is 216 Å². The van der Waals surface area contributed by atoms with Crippen molar-refractivity contribution in [3.63, 3.8) is 0 Å². The van der Waals surface area contributed by atoms with Crippen LogP contribution in [-0.4, -0.2) is 32.8 Å². The maximum absolute atomic E-state index is 8.87. The van der Waals surface area contributed by atoms with E-state index in [1.807, 2.05) is 97.2 Å². The summed E-state index contributed by atoms with van der Waals surface area (Å²) in [4.78, 5) is 24.6.